The molecule has 0 atom stereocenters. The van der Waals surface area contributed by atoms with Crippen LogP contribution in [0, 0.1) is 5.82 Å². The number of guanidine groups is 1. The lowest BCUT2D eigenvalue weighted by atomic mass is 10.0. The highest BCUT2D eigenvalue weighted by Crippen LogP contribution is 2.26. The molecule has 1 aliphatic carbocycles. The van der Waals surface area contributed by atoms with Gasteiger partial charge in [-0.3, -0.25) is 4.99 Å². The summed E-state index contributed by atoms with van der Waals surface area (Å²) in [5, 5.41) is 7.41. The molecule has 2 aliphatic rings. The predicted molar refractivity (Wildman–Crippen MR) is 111 cm³/mol. The SMILES string of the molecule is CCNC(=NCCc1ccc(F)cc1Cl)NC1CCN(C2CCCC2)CC1. The van der Waals surface area contributed by atoms with E-state index in [1.165, 1.54) is 63.7 Å². The summed E-state index contributed by atoms with van der Waals surface area (Å²) in [5.74, 6) is 0.571. The molecule has 1 heterocycles. The molecule has 2 N–H and O–H groups in total. The second-order valence-corrected chi connectivity index (χ2v) is 8.05. The number of benzene rings is 1. The fraction of sp³-hybridized carbons (Fsp3) is 0.667. The van der Waals surface area contributed by atoms with E-state index in [0.29, 0.717) is 24.0 Å². The Morgan fingerprint density at radius 1 is 1.22 bits per heavy atom. The lowest BCUT2D eigenvalue weighted by molar-refractivity contribution is 0.150. The smallest absolute Gasteiger partial charge is 0.191 e. The van der Waals surface area contributed by atoms with E-state index in [1.807, 2.05) is 0 Å². The summed E-state index contributed by atoms with van der Waals surface area (Å²) in [4.78, 5) is 7.38. The van der Waals surface area contributed by atoms with Gasteiger partial charge in [0.15, 0.2) is 5.96 Å². The minimum Gasteiger partial charge on any atom is -0.357 e. The molecule has 1 aliphatic heterocycles. The maximum atomic E-state index is 13.1. The largest absolute Gasteiger partial charge is 0.357 e. The number of hydrogen-bond donors (Lipinski definition) is 2. The molecule has 27 heavy (non-hydrogen) atoms. The van der Waals surface area contributed by atoms with Gasteiger partial charge in [-0.1, -0.05) is 30.5 Å². The lowest BCUT2D eigenvalue weighted by Gasteiger charge is -2.36. The average molecular weight is 395 g/mol. The number of nitrogens with zero attached hydrogens (tertiary/aromatic N) is 2. The number of likely N-dealkylation sites (tertiary alicyclic amines) is 1. The molecule has 0 unspecified atom stereocenters. The molecule has 2 fully saturated rings. The first kappa shape index (κ1) is 20.4. The van der Waals surface area contributed by atoms with Crippen LogP contribution in [-0.2, 0) is 6.42 Å². The van der Waals surface area contributed by atoms with Crippen molar-refractivity contribution >= 4 is 17.6 Å². The van der Waals surface area contributed by atoms with E-state index in [-0.39, 0.29) is 5.82 Å². The molecular weight excluding hydrogens is 363 g/mol. The topological polar surface area (TPSA) is 39.7 Å². The minimum absolute atomic E-state index is 0.300. The average Bonchev–Trinajstić information content (AvgIpc) is 3.19. The molecule has 0 radical (unpaired) electrons. The maximum Gasteiger partial charge on any atom is 0.191 e. The van der Waals surface area contributed by atoms with Crippen molar-refractivity contribution in [3.05, 3.63) is 34.6 Å². The van der Waals surface area contributed by atoms with Gasteiger partial charge < -0.3 is 15.5 Å². The Bertz CT molecular complexity index is 623. The van der Waals surface area contributed by atoms with Gasteiger partial charge in [0.05, 0.1) is 0 Å². The Kier molecular flexibility index (Phi) is 7.77. The Labute approximate surface area is 167 Å². The van der Waals surface area contributed by atoms with Crippen LogP contribution in [-0.4, -0.2) is 49.1 Å². The van der Waals surface area contributed by atoms with Gasteiger partial charge >= 0.3 is 0 Å². The van der Waals surface area contributed by atoms with Crippen molar-refractivity contribution in [2.24, 2.45) is 4.99 Å². The highest BCUT2D eigenvalue weighted by atomic mass is 35.5. The lowest BCUT2D eigenvalue weighted by Crippen LogP contribution is -2.50. The van der Waals surface area contributed by atoms with Crippen molar-refractivity contribution in [1.82, 2.24) is 15.5 Å². The number of aliphatic imine (C=N–C) groups is 1. The zero-order valence-electron chi connectivity index (χ0n) is 16.3. The fourth-order valence-electron chi connectivity index (χ4n) is 4.20. The number of piperidine rings is 1. The van der Waals surface area contributed by atoms with E-state index in [0.717, 1.165) is 24.1 Å². The number of rotatable bonds is 6. The molecule has 0 bridgehead atoms. The van der Waals surface area contributed by atoms with E-state index < -0.39 is 0 Å². The van der Waals surface area contributed by atoms with E-state index in [4.69, 9.17) is 16.6 Å². The third-order valence-corrected chi connectivity index (χ3v) is 6.07. The van der Waals surface area contributed by atoms with Gasteiger partial charge in [-0.05, 0) is 56.7 Å². The van der Waals surface area contributed by atoms with Crippen molar-refractivity contribution in [3.8, 4) is 0 Å². The van der Waals surface area contributed by atoms with E-state index in [2.05, 4.69) is 22.5 Å². The zero-order chi connectivity index (χ0) is 19.1. The summed E-state index contributed by atoms with van der Waals surface area (Å²) < 4.78 is 13.1. The Morgan fingerprint density at radius 3 is 2.63 bits per heavy atom. The third kappa shape index (κ3) is 6.08. The van der Waals surface area contributed by atoms with Crippen LogP contribution >= 0.6 is 11.6 Å². The van der Waals surface area contributed by atoms with E-state index in [1.54, 1.807) is 6.07 Å². The van der Waals surface area contributed by atoms with Crippen LogP contribution in [0.3, 0.4) is 0 Å². The molecule has 1 aromatic rings. The summed E-state index contributed by atoms with van der Waals surface area (Å²) in [5.41, 5.74) is 0.933. The van der Waals surface area contributed by atoms with E-state index >= 15 is 0 Å². The first-order valence-corrected chi connectivity index (χ1v) is 10.8. The molecule has 1 aromatic carbocycles. The van der Waals surface area contributed by atoms with Crippen LogP contribution in [0.1, 0.15) is 51.0 Å². The first-order valence-electron chi connectivity index (χ1n) is 10.4. The molecule has 0 aromatic heterocycles. The number of halogens is 2. The number of nitrogens with one attached hydrogen (secondary N) is 2. The molecule has 6 heteroatoms. The molecule has 4 nitrogen and oxygen atoms in total. The van der Waals surface area contributed by atoms with Crippen LogP contribution in [0.5, 0.6) is 0 Å². The highest BCUT2D eigenvalue weighted by molar-refractivity contribution is 6.31. The zero-order valence-corrected chi connectivity index (χ0v) is 17.1. The van der Waals surface area contributed by atoms with Crippen molar-refractivity contribution in [3.63, 3.8) is 0 Å². The molecule has 1 saturated carbocycles. The Morgan fingerprint density at radius 2 is 1.96 bits per heavy atom. The third-order valence-electron chi connectivity index (χ3n) is 5.72. The molecule has 0 spiro atoms. The van der Waals surface area contributed by atoms with Gasteiger partial charge in [0.2, 0.25) is 0 Å². The molecule has 150 valence electrons. The molecule has 3 rings (SSSR count). The normalized spacial score (nSPS) is 20.2. The minimum atomic E-state index is -0.300. The van der Waals surface area contributed by atoms with E-state index in [9.17, 15) is 4.39 Å². The summed E-state index contributed by atoms with van der Waals surface area (Å²) in [6.45, 7) is 5.92. The molecule has 1 saturated heterocycles. The van der Waals surface area contributed by atoms with Crippen molar-refractivity contribution < 1.29 is 4.39 Å². The van der Waals surface area contributed by atoms with Crippen LogP contribution in [0.2, 0.25) is 5.02 Å². The monoisotopic (exact) mass is 394 g/mol. The Balaban J connectivity index is 1.47. The second-order valence-electron chi connectivity index (χ2n) is 7.64. The standard InChI is InChI=1S/C21H32ClFN4/c1-2-24-21(25-12-9-16-7-8-17(23)15-20(16)22)26-18-10-13-27(14-11-18)19-5-3-4-6-19/h7-8,15,18-19H,2-6,9-14H2,1H3,(H2,24,25,26). The van der Waals surface area contributed by atoms with Crippen LogP contribution < -0.4 is 10.6 Å². The van der Waals surface area contributed by atoms with Crippen LogP contribution in [0.25, 0.3) is 0 Å². The maximum absolute atomic E-state index is 13.1. The molecular formula is C21H32ClFN4. The first-order chi connectivity index (χ1) is 13.2. The molecule has 0 amide bonds. The quantitative estimate of drug-likeness (QED) is 0.566. The van der Waals surface area contributed by atoms with Gasteiger partial charge in [0.1, 0.15) is 5.82 Å². The van der Waals surface area contributed by atoms with Crippen molar-refractivity contribution in [2.45, 2.75) is 64.0 Å². The van der Waals surface area contributed by atoms with Crippen LogP contribution in [0.4, 0.5) is 4.39 Å². The number of hydrogen-bond acceptors (Lipinski definition) is 2. The summed E-state index contributed by atoms with van der Waals surface area (Å²) in [7, 11) is 0. The summed E-state index contributed by atoms with van der Waals surface area (Å²) in [6, 6.07) is 5.87. The second kappa shape index (κ2) is 10.3. The predicted octanol–water partition coefficient (Wildman–Crippen LogP) is 3.98. The highest BCUT2D eigenvalue weighted by Gasteiger charge is 2.27. The summed E-state index contributed by atoms with van der Waals surface area (Å²) >= 11 is 6.10. The van der Waals surface area contributed by atoms with Gasteiger partial charge in [-0.2, -0.15) is 0 Å². The van der Waals surface area contributed by atoms with Gasteiger partial charge in [-0.15, -0.1) is 0 Å². The van der Waals surface area contributed by atoms with Gasteiger partial charge in [0.25, 0.3) is 0 Å². The van der Waals surface area contributed by atoms with Gasteiger partial charge in [0, 0.05) is 43.3 Å². The van der Waals surface area contributed by atoms with Crippen molar-refractivity contribution in [1.29, 1.82) is 0 Å². The van der Waals surface area contributed by atoms with Crippen LogP contribution in [0.15, 0.2) is 23.2 Å². The fourth-order valence-corrected chi connectivity index (χ4v) is 4.47. The van der Waals surface area contributed by atoms with Gasteiger partial charge in [-0.25, -0.2) is 4.39 Å². The van der Waals surface area contributed by atoms with Crippen molar-refractivity contribution in [2.75, 3.05) is 26.2 Å². The Hall–Kier alpha value is -1.33. The summed E-state index contributed by atoms with van der Waals surface area (Å²) in [6.07, 6.45) is 8.61.